The molecule has 0 aliphatic carbocycles. The fraction of sp³-hybridized carbons (Fsp3) is 0.333. The number of nitrogens with zero attached hydrogens (tertiary/aromatic N) is 2. The largest absolute Gasteiger partial charge is 0.321 e. The van der Waals surface area contributed by atoms with Gasteiger partial charge in [-0.1, -0.05) is 51.1 Å². The van der Waals surface area contributed by atoms with E-state index in [0.717, 1.165) is 12.1 Å². The average molecular weight is 242 g/mol. The molecule has 2 rings (SSSR count). The van der Waals surface area contributed by atoms with E-state index < -0.39 is 0 Å². The molecular formula is C15H18N2O. The van der Waals surface area contributed by atoms with E-state index in [4.69, 9.17) is 0 Å². The van der Waals surface area contributed by atoms with E-state index in [1.54, 1.807) is 6.20 Å². The summed E-state index contributed by atoms with van der Waals surface area (Å²) in [4.78, 5) is 15.5. The third kappa shape index (κ3) is 2.50. The molecule has 1 heterocycles. The van der Waals surface area contributed by atoms with E-state index >= 15 is 0 Å². The van der Waals surface area contributed by atoms with E-state index in [0.29, 0.717) is 12.2 Å². The SMILES string of the molecule is CC(C)(C)c1ncc(C=O)n1Cc1ccccc1. The van der Waals surface area contributed by atoms with Gasteiger partial charge in [-0.3, -0.25) is 4.79 Å². The highest BCUT2D eigenvalue weighted by Crippen LogP contribution is 2.22. The molecule has 3 nitrogen and oxygen atoms in total. The zero-order chi connectivity index (χ0) is 13.2. The van der Waals surface area contributed by atoms with Gasteiger partial charge in [-0.15, -0.1) is 0 Å². The second-order valence-electron chi connectivity index (χ2n) is 5.45. The van der Waals surface area contributed by atoms with Gasteiger partial charge < -0.3 is 4.57 Å². The number of hydrogen-bond acceptors (Lipinski definition) is 2. The number of aromatic nitrogens is 2. The Kier molecular flexibility index (Phi) is 3.32. The van der Waals surface area contributed by atoms with E-state index in [9.17, 15) is 4.79 Å². The monoisotopic (exact) mass is 242 g/mol. The summed E-state index contributed by atoms with van der Waals surface area (Å²) in [6, 6.07) is 10.1. The smallest absolute Gasteiger partial charge is 0.168 e. The standard InChI is InChI=1S/C15H18N2O/c1-15(2,3)14-16-9-13(11-18)17(14)10-12-7-5-4-6-8-12/h4-9,11H,10H2,1-3H3. The van der Waals surface area contributed by atoms with E-state index in [2.05, 4.69) is 37.9 Å². The minimum absolute atomic E-state index is 0.0734. The first-order chi connectivity index (χ1) is 8.52. The van der Waals surface area contributed by atoms with Crippen LogP contribution in [0.2, 0.25) is 0 Å². The van der Waals surface area contributed by atoms with E-state index in [1.165, 1.54) is 5.56 Å². The van der Waals surface area contributed by atoms with Crippen LogP contribution in [0.1, 0.15) is 42.6 Å². The molecule has 94 valence electrons. The van der Waals surface area contributed by atoms with Gasteiger partial charge in [0, 0.05) is 12.0 Å². The molecule has 1 aromatic carbocycles. The molecule has 2 aromatic rings. The summed E-state index contributed by atoms with van der Waals surface area (Å²) >= 11 is 0. The van der Waals surface area contributed by atoms with Gasteiger partial charge in [0.05, 0.1) is 6.20 Å². The number of rotatable bonds is 3. The zero-order valence-electron chi connectivity index (χ0n) is 11.1. The fourth-order valence-corrected chi connectivity index (χ4v) is 2.01. The Labute approximate surface area is 107 Å². The van der Waals surface area contributed by atoms with Crippen molar-refractivity contribution in [1.82, 2.24) is 9.55 Å². The molecule has 0 fully saturated rings. The maximum atomic E-state index is 11.1. The second kappa shape index (κ2) is 4.77. The summed E-state index contributed by atoms with van der Waals surface area (Å²) in [7, 11) is 0. The number of imidazole rings is 1. The first-order valence-electron chi connectivity index (χ1n) is 6.07. The van der Waals surface area contributed by atoms with Crippen LogP contribution in [-0.2, 0) is 12.0 Å². The van der Waals surface area contributed by atoms with Crippen molar-refractivity contribution in [2.24, 2.45) is 0 Å². The third-order valence-corrected chi connectivity index (χ3v) is 2.86. The van der Waals surface area contributed by atoms with Gasteiger partial charge in [-0.25, -0.2) is 4.98 Å². The molecule has 0 saturated heterocycles. The summed E-state index contributed by atoms with van der Waals surface area (Å²) in [5.74, 6) is 0.938. The molecule has 0 N–H and O–H groups in total. The first kappa shape index (κ1) is 12.6. The van der Waals surface area contributed by atoms with Gasteiger partial charge in [-0.2, -0.15) is 0 Å². The maximum Gasteiger partial charge on any atom is 0.168 e. The highest BCUT2D eigenvalue weighted by molar-refractivity contribution is 5.72. The minimum atomic E-state index is -0.0734. The molecule has 0 atom stereocenters. The summed E-state index contributed by atoms with van der Waals surface area (Å²) in [5.41, 5.74) is 1.73. The Bertz CT molecular complexity index is 535. The van der Waals surface area contributed by atoms with Crippen LogP contribution in [0.4, 0.5) is 0 Å². The minimum Gasteiger partial charge on any atom is -0.321 e. The van der Waals surface area contributed by atoms with Gasteiger partial charge in [0.25, 0.3) is 0 Å². The molecule has 0 bridgehead atoms. The van der Waals surface area contributed by atoms with Gasteiger partial charge in [-0.05, 0) is 5.56 Å². The normalized spacial score (nSPS) is 11.5. The summed E-state index contributed by atoms with van der Waals surface area (Å²) in [5, 5.41) is 0. The highest BCUT2D eigenvalue weighted by atomic mass is 16.1. The molecule has 1 aromatic heterocycles. The Morgan fingerprint density at radius 3 is 2.44 bits per heavy atom. The Morgan fingerprint density at radius 1 is 1.22 bits per heavy atom. The lowest BCUT2D eigenvalue weighted by Gasteiger charge is -2.20. The van der Waals surface area contributed by atoms with Crippen LogP contribution >= 0.6 is 0 Å². The van der Waals surface area contributed by atoms with Gasteiger partial charge in [0.1, 0.15) is 11.5 Å². The predicted octanol–water partition coefficient (Wildman–Crippen LogP) is 3.04. The van der Waals surface area contributed by atoms with E-state index in [-0.39, 0.29) is 5.41 Å². The van der Waals surface area contributed by atoms with Crippen molar-refractivity contribution in [3.63, 3.8) is 0 Å². The van der Waals surface area contributed by atoms with Crippen LogP contribution in [-0.4, -0.2) is 15.8 Å². The molecule has 0 spiro atoms. The highest BCUT2D eigenvalue weighted by Gasteiger charge is 2.22. The average Bonchev–Trinajstić information content (AvgIpc) is 2.73. The maximum absolute atomic E-state index is 11.1. The summed E-state index contributed by atoms with van der Waals surface area (Å²) in [6.07, 6.45) is 2.52. The topological polar surface area (TPSA) is 34.9 Å². The fourth-order valence-electron chi connectivity index (χ4n) is 2.01. The number of carbonyl (C=O) groups is 1. The molecule has 0 radical (unpaired) electrons. The number of carbonyl (C=O) groups excluding carboxylic acids is 1. The number of hydrogen-bond donors (Lipinski definition) is 0. The Hall–Kier alpha value is -1.90. The molecule has 0 aliphatic heterocycles. The zero-order valence-corrected chi connectivity index (χ0v) is 11.1. The van der Waals surface area contributed by atoms with Crippen molar-refractivity contribution in [2.45, 2.75) is 32.7 Å². The van der Waals surface area contributed by atoms with Crippen molar-refractivity contribution < 1.29 is 4.79 Å². The van der Waals surface area contributed by atoms with Crippen LogP contribution in [0.3, 0.4) is 0 Å². The molecule has 0 unspecified atom stereocenters. The van der Waals surface area contributed by atoms with Crippen LogP contribution < -0.4 is 0 Å². The van der Waals surface area contributed by atoms with Gasteiger partial charge in [0.15, 0.2) is 6.29 Å². The van der Waals surface area contributed by atoms with Crippen LogP contribution in [0.5, 0.6) is 0 Å². The van der Waals surface area contributed by atoms with Gasteiger partial charge >= 0.3 is 0 Å². The molecule has 0 aliphatic rings. The first-order valence-corrected chi connectivity index (χ1v) is 6.07. The van der Waals surface area contributed by atoms with E-state index in [1.807, 2.05) is 22.8 Å². The number of benzene rings is 1. The predicted molar refractivity (Wildman–Crippen MR) is 71.9 cm³/mol. The Balaban J connectivity index is 2.42. The third-order valence-electron chi connectivity index (χ3n) is 2.86. The van der Waals surface area contributed by atoms with Gasteiger partial charge in [0.2, 0.25) is 0 Å². The van der Waals surface area contributed by atoms with Crippen molar-refractivity contribution in [3.05, 3.63) is 53.6 Å². The molecule has 0 amide bonds. The summed E-state index contributed by atoms with van der Waals surface area (Å²) in [6.45, 7) is 6.99. The lowest BCUT2D eigenvalue weighted by molar-refractivity contribution is 0.111. The molecule has 3 heteroatoms. The lowest BCUT2D eigenvalue weighted by atomic mass is 9.95. The summed E-state index contributed by atoms with van der Waals surface area (Å²) < 4.78 is 1.99. The molecular weight excluding hydrogens is 224 g/mol. The quantitative estimate of drug-likeness (QED) is 0.775. The Morgan fingerprint density at radius 2 is 1.89 bits per heavy atom. The van der Waals surface area contributed by atoms with Crippen LogP contribution in [0.25, 0.3) is 0 Å². The lowest BCUT2D eigenvalue weighted by Crippen LogP contribution is -2.20. The second-order valence-corrected chi connectivity index (χ2v) is 5.45. The molecule has 18 heavy (non-hydrogen) atoms. The van der Waals surface area contributed by atoms with Crippen LogP contribution in [0.15, 0.2) is 36.5 Å². The van der Waals surface area contributed by atoms with Crippen molar-refractivity contribution >= 4 is 6.29 Å². The van der Waals surface area contributed by atoms with Crippen molar-refractivity contribution in [3.8, 4) is 0 Å². The molecule has 0 saturated carbocycles. The van der Waals surface area contributed by atoms with Crippen LogP contribution in [0, 0.1) is 0 Å². The number of aldehydes is 1. The van der Waals surface area contributed by atoms with Crippen molar-refractivity contribution in [1.29, 1.82) is 0 Å². The van der Waals surface area contributed by atoms with Crippen molar-refractivity contribution in [2.75, 3.05) is 0 Å².